The Morgan fingerprint density at radius 2 is 1.96 bits per heavy atom. The SMILES string of the molecule is C=CCC1=C(C#Cc2cccs2)N(S(=O)(=O)c2ccc(C)cc2)CCCC1. The second-order valence-corrected chi connectivity index (χ2v) is 9.33. The van der Waals surface area contributed by atoms with Gasteiger partial charge in [0.15, 0.2) is 0 Å². The highest BCUT2D eigenvalue weighted by molar-refractivity contribution is 7.89. The van der Waals surface area contributed by atoms with Crippen molar-refractivity contribution >= 4 is 21.4 Å². The molecule has 0 N–H and O–H groups in total. The second kappa shape index (κ2) is 8.60. The summed E-state index contributed by atoms with van der Waals surface area (Å²) in [6.45, 7) is 6.23. The lowest BCUT2D eigenvalue weighted by Gasteiger charge is -2.24. The standard InChI is InChI=1S/C22H23NO2S2/c1-3-7-19-8-4-5-16-23(22(19)15-12-20-9-6-17-26-20)27(24,25)21-13-10-18(2)11-14-21/h3,6,9-11,13-14,17H,1,4-5,7-8,16H2,2H3. The van der Waals surface area contributed by atoms with Crippen LogP contribution in [-0.4, -0.2) is 19.3 Å². The summed E-state index contributed by atoms with van der Waals surface area (Å²) in [5.41, 5.74) is 2.69. The lowest BCUT2D eigenvalue weighted by Crippen LogP contribution is -2.31. The molecule has 1 aliphatic rings. The van der Waals surface area contributed by atoms with Gasteiger partial charge in [0.2, 0.25) is 0 Å². The van der Waals surface area contributed by atoms with Crippen molar-refractivity contribution in [1.82, 2.24) is 4.31 Å². The van der Waals surface area contributed by atoms with E-state index >= 15 is 0 Å². The number of sulfonamides is 1. The van der Waals surface area contributed by atoms with Crippen molar-refractivity contribution in [1.29, 1.82) is 0 Å². The molecule has 1 aliphatic heterocycles. The molecule has 0 saturated carbocycles. The molecule has 0 bridgehead atoms. The summed E-state index contributed by atoms with van der Waals surface area (Å²) < 4.78 is 28.3. The van der Waals surface area contributed by atoms with Crippen LogP contribution in [0.15, 0.2) is 70.6 Å². The van der Waals surface area contributed by atoms with Gasteiger partial charge in [-0.05, 0) is 73.6 Å². The van der Waals surface area contributed by atoms with Crippen molar-refractivity contribution in [3.8, 4) is 11.8 Å². The summed E-state index contributed by atoms with van der Waals surface area (Å²) >= 11 is 1.55. The molecular weight excluding hydrogens is 374 g/mol. The van der Waals surface area contributed by atoms with Crippen LogP contribution in [0.25, 0.3) is 0 Å². The van der Waals surface area contributed by atoms with Crippen LogP contribution in [0.2, 0.25) is 0 Å². The van der Waals surface area contributed by atoms with Crippen molar-refractivity contribution in [2.45, 2.75) is 37.5 Å². The maximum absolute atomic E-state index is 13.4. The minimum atomic E-state index is -3.65. The first-order chi connectivity index (χ1) is 13.0. The molecule has 2 aromatic rings. The highest BCUT2D eigenvalue weighted by Gasteiger charge is 2.29. The van der Waals surface area contributed by atoms with E-state index in [0.29, 0.717) is 23.6 Å². The first-order valence-electron chi connectivity index (χ1n) is 9.00. The van der Waals surface area contributed by atoms with E-state index < -0.39 is 10.0 Å². The molecule has 0 radical (unpaired) electrons. The molecule has 2 heterocycles. The van der Waals surface area contributed by atoms with Gasteiger partial charge in [-0.25, -0.2) is 8.42 Å². The summed E-state index contributed by atoms with van der Waals surface area (Å²) in [4.78, 5) is 1.24. The number of nitrogens with zero attached hydrogens (tertiary/aromatic N) is 1. The molecule has 27 heavy (non-hydrogen) atoms. The van der Waals surface area contributed by atoms with Gasteiger partial charge in [0.25, 0.3) is 10.0 Å². The number of thiophene rings is 1. The number of hydrogen-bond donors (Lipinski definition) is 0. The van der Waals surface area contributed by atoms with Crippen molar-refractivity contribution < 1.29 is 8.42 Å². The Bertz CT molecular complexity index is 989. The van der Waals surface area contributed by atoms with Crippen LogP contribution in [0, 0.1) is 18.8 Å². The van der Waals surface area contributed by atoms with E-state index in [-0.39, 0.29) is 0 Å². The third-order valence-electron chi connectivity index (χ3n) is 4.50. The number of benzene rings is 1. The number of allylic oxidation sites excluding steroid dienone is 3. The summed E-state index contributed by atoms with van der Waals surface area (Å²) in [6.07, 6.45) is 5.09. The Morgan fingerprint density at radius 1 is 1.19 bits per heavy atom. The number of aryl methyl sites for hydroxylation is 1. The highest BCUT2D eigenvalue weighted by atomic mass is 32.2. The average Bonchev–Trinajstić information content (AvgIpc) is 3.08. The summed E-state index contributed by atoms with van der Waals surface area (Å²) in [5, 5.41) is 1.97. The normalized spacial score (nSPS) is 15.1. The zero-order valence-electron chi connectivity index (χ0n) is 15.4. The van der Waals surface area contributed by atoms with Gasteiger partial charge >= 0.3 is 0 Å². The molecule has 0 saturated heterocycles. The fraction of sp³-hybridized carbons (Fsp3) is 0.273. The van der Waals surface area contributed by atoms with Crippen molar-refractivity contribution in [3.05, 3.63) is 76.1 Å². The molecular formula is C22H23NO2S2. The molecule has 3 nitrogen and oxygen atoms in total. The van der Waals surface area contributed by atoms with Gasteiger partial charge < -0.3 is 0 Å². The van der Waals surface area contributed by atoms with Crippen LogP contribution >= 0.6 is 11.3 Å². The van der Waals surface area contributed by atoms with Gasteiger partial charge in [0.1, 0.15) is 5.70 Å². The highest BCUT2D eigenvalue weighted by Crippen LogP contribution is 2.29. The first kappa shape index (κ1) is 19.5. The zero-order valence-corrected chi connectivity index (χ0v) is 17.1. The number of hydrogen-bond acceptors (Lipinski definition) is 3. The molecule has 5 heteroatoms. The van der Waals surface area contributed by atoms with E-state index in [1.807, 2.05) is 42.6 Å². The fourth-order valence-electron chi connectivity index (χ4n) is 3.07. The van der Waals surface area contributed by atoms with Gasteiger partial charge in [-0.15, -0.1) is 17.9 Å². The number of rotatable bonds is 4. The monoisotopic (exact) mass is 397 g/mol. The lowest BCUT2D eigenvalue weighted by atomic mass is 10.0. The van der Waals surface area contributed by atoms with E-state index in [1.165, 1.54) is 4.31 Å². The molecule has 1 aromatic carbocycles. The van der Waals surface area contributed by atoms with Crippen molar-refractivity contribution in [3.63, 3.8) is 0 Å². The van der Waals surface area contributed by atoms with E-state index in [2.05, 4.69) is 18.4 Å². The van der Waals surface area contributed by atoms with Gasteiger partial charge in [0.05, 0.1) is 9.77 Å². The molecule has 0 atom stereocenters. The smallest absolute Gasteiger partial charge is 0.259 e. The molecule has 0 unspecified atom stereocenters. The first-order valence-corrected chi connectivity index (χ1v) is 11.3. The lowest BCUT2D eigenvalue weighted by molar-refractivity contribution is 0.480. The largest absolute Gasteiger partial charge is 0.264 e. The van der Waals surface area contributed by atoms with Crippen LogP contribution in [0.4, 0.5) is 0 Å². The van der Waals surface area contributed by atoms with E-state index in [1.54, 1.807) is 23.5 Å². The fourth-order valence-corrected chi connectivity index (χ4v) is 5.16. The zero-order chi connectivity index (χ0) is 19.3. The van der Waals surface area contributed by atoms with Crippen molar-refractivity contribution in [2.24, 2.45) is 0 Å². The Kier molecular flexibility index (Phi) is 6.20. The van der Waals surface area contributed by atoms with Crippen LogP contribution in [0.3, 0.4) is 0 Å². The van der Waals surface area contributed by atoms with Crippen LogP contribution in [-0.2, 0) is 10.0 Å². The Labute approximate surface area is 166 Å². The van der Waals surface area contributed by atoms with Crippen molar-refractivity contribution in [2.75, 3.05) is 6.54 Å². The van der Waals surface area contributed by atoms with Gasteiger partial charge in [-0.3, -0.25) is 4.31 Å². The molecule has 0 spiro atoms. The van der Waals surface area contributed by atoms with E-state index in [4.69, 9.17) is 0 Å². The topological polar surface area (TPSA) is 37.4 Å². The second-order valence-electron chi connectivity index (χ2n) is 6.52. The predicted octanol–water partition coefficient (Wildman–Crippen LogP) is 5.11. The Morgan fingerprint density at radius 3 is 2.63 bits per heavy atom. The Balaban J connectivity index is 2.10. The maximum Gasteiger partial charge on any atom is 0.264 e. The van der Waals surface area contributed by atoms with Crippen LogP contribution in [0.1, 0.15) is 36.1 Å². The summed E-state index contributed by atoms with van der Waals surface area (Å²) in [5.74, 6) is 6.32. The molecule has 0 aliphatic carbocycles. The maximum atomic E-state index is 13.4. The minimum Gasteiger partial charge on any atom is -0.259 e. The average molecular weight is 398 g/mol. The third kappa shape index (κ3) is 4.52. The summed E-state index contributed by atoms with van der Waals surface area (Å²) in [6, 6.07) is 10.9. The molecule has 0 amide bonds. The molecule has 1 aromatic heterocycles. The minimum absolute atomic E-state index is 0.309. The van der Waals surface area contributed by atoms with Crippen LogP contribution in [0.5, 0.6) is 0 Å². The van der Waals surface area contributed by atoms with Gasteiger partial charge in [0, 0.05) is 6.54 Å². The summed E-state index contributed by atoms with van der Waals surface area (Å²) in [7, 11) is -3.65. The Hall–Kier alpha value is -2.29. The van der Waals surface area contributed by atoms with E-state index in [0.717, 1.165) is 35.3 Å². The predicted molar refractivity (Wildman–Crippen MR) is 112 cm³/mol. The molecule has 3 rings (SSSR count). The van der Waals surface area contributed by atoms with Crippen LogP contribution < -0.4 is 0 Å². The molecule has 140 valence electrons. The van der Waals surface area contributed by atoms with Gasteiger partial charge in [-0.2, -0.15) is 0 Å². The van der Waals surface area contributed by atoms with E-state index in [9.17, 15) is 8.42 Å². The van der Waals surface area contributed by atoms with Gasteiger partial charge in [-0.1, -0.05) is 29.8 Å². The quantitative estimate of drug-likeness (QED) is 0.531. The third-order valence-corrected chi connectivity index (χ3v) is 7.10. The molecule has 0 fully saturated rings.